The van der Waals surface area contributed by atoms with Crippen LogP contribution in [0.3, 0.4) is 0 Å². The van der Waals surface area contributed by atoms with Crippen LogP contribution in [-0.2, 0) is 6.54 Å². The number of nitrogens with zero attached hydrogens (tertiary/aromatic N) is 3. The molecule has 0 bridgehead atoms. The molecule has 1 N–H and O–H groups in total. The molecule has 3 aromatic rings. The van der Waals surface area contributed by atoms with E-state index in [9.17, 15) is 10.1 Å². The minimum Gasteiger partial charge on any atom is -0.423 e. The lowest BCUT2D eigenvalue weighted by Gasteiger charge is -1.96. The van der Waals surface area contributed by atoms with Crippen LogP contribution < -0.4 is 5.32 Å². The van der Waals surface area contributed by atoms with E-state index in [-0.39, 0.29) is 5.69 Å². The van der Waals surface area contributed by atoms with Crippen molar-refractivity contribution in [2.75, 3.05) is 5.32 Å². The van der Waals surface area contributed by atoms with E-state index in [0.717, 1.165) is 5.01 Å². The Morgan fingerprint density at radius 2 is 2.37 bits per heavy atom. The number of benzene rings is 1. The van der Waals surface area contributed by atoms with Crippen LogP contribution in [0.5, 0.6) is 0 Å². The summed E-state index contributed by atoms with van der Waals surface area (Å²) < 4.78 is 5.41. The van der Waals surface area contributed by atoms with Crippen LogP contribution in [0, 0.1) is 10.1 Å². The van der Waals surface area contributed by atoms with Crippen molar-refractivity contribution >= 4 is 34.1 Å². The van der Waals surface area contributed by atoms with Gasteiger partial charge in [0.2, 0.25) is 0 Å². The zero-order valence-electron chi connectivity index (χ0n) is 9.57. The fourth-order valence-corrected chi connectivity index (χ4v) is 2.15. The quantitative estimate of drug-likeness (QED) is 0.581. The van der Waals surface area contributed by atoms with E-state index in [2.05, 4.69) is 15.3 Å². The van der Waals surface area contributed by atoms with Gasteiger partial charge in [0.25, 0.3) is 11.7 Å². The Bertz CT molecular complexity index is 723. The normalized spacial score (nSPS) is 10.7. The first kappa shape index (κ1) is 11.6. The van der Waals surface area contributed by atoms with Crippen molar-refractivity contribution in [2.45, 2.75) is 6.54 Å². The summed E-state index contributed by atoms with van der Waals surface area (Å²) >= 11 is 1.52. The Kier molecular flexibility index (Phi) is 2.84. The average Bonchev–Trinajstić information content (AvgIpc) is 3.04. The smallest absolute Gasteiger partial charge is 0.296 e. The van der Waals surface area contributed by atoms with Crippen molar-refractivity contribution in [1.82, 2.24) is 9.97 Å². The van der Waals surface area contributed by atoms with E-state index in [1.54, 1.807) is 12.3 Å². The van der Waals surface area contributed by atoms with Crippen molar-refractivity contribution in [3.05, 3.63) is 44.9 Å². The van der Waals surface area contributed by atoms with Crippen molar-refractivity contribution < 1.29 is 9.34 Å². The molecule has 0 aliphatic carbocycles. The molecular weight excluding hydrogens is 268 g/mol. The van der Waals surface area contributed by atoms with Crippen LogP contribution in [0.15, 0.2) is 34.2 Å². The number of aromatic nitrogens is 2. The molecule has 7 nitrogen and oxygen atoms in total. The fraction of sp³-hybridized carbons (Fsp3) is 0.0909. The van der Waals surface area contributed by atoms with Gasteiger partial charge in [-0.2, -0.15) is 4.98 Å². The predicted molar refractivity (Wildman–Crippen MR) is 70.1 cm³/mol. The summed E-state index contributed by atoms with van der Waals surface area (Å²) in [5.74, 6) is 0. The Morgan fingerprint density at radius 3 is 3.11 bits per heavy atom. The molecular formula is C11H8N4O3S. The van der Waals surface area contributed by atoms with Gasteiger partial charge in [-0.05, 0) is 6.07 Å². The number of thiazole rings is 1. The maximum Gasteiger partial charge on any atom is 0.296 e. The number of rotatable bonds is 4. The van der Waals surface area contributed by atoms with Gasteiger partial charge < -0.3 is 9.73 Å². The summed E-state index contributed by atoms with van der Waals surface area (Å²) in [4.78, 5) is 18.5. The van der Waals surface area contributed by atoms with E-state index in [1.165, 1.54) is 23.5 Å². The molecule has 0 aliphatic rings. The molecule has 0 radical (unpaired) electrons. The second-order valence-electron chi connectivity index (χ2n) is 3.71. The van der Waals surface area contributed by atoms with Gasteiger partial charge in [0, 0.05) is 17.6 Å². The Morgan fingerprint density at radius 1 is 1.47 bits per heavy atom. The largest absolute Gasteiger partial charge is 0.423 e. The van der Waals surface area contributed by atoms with E-state index in [1.807, 2.05) is 5.38 Å². The van der Waals surface area contributed by atoms with Gasteiger partial charge in [0.05, 0.1) is 17.5 Å². The number of nitrogens with one attached hydrogen (secondary N) is 1. The van der Waals surface area contributed by atoms with E-state index < -0.39 is 4.92 Å². The molecule has 0 amide bonds. The first-order valence-corrected chi connectivity index (χ1v) is 6.27. The van der Waals surface area contributed by atoms with Crippen molar-refractivity contribution in [1.29, 1.82) is 0 Å². The van der Waals surface area contributed by atoms with Gasteiger partial charge in [0.15, 0.2) is 5.58 Å². The monoisotopic (exact) mass is 276 g/mol. The number of fused-ring (bicyclic) bond motifs is 1. The van der Waals surface area contributed by atoms with Crippen molar-refractivity contribution in [3.8, 4) is 0 Å². The SMILES string of the molecule is O=[N+]([O-])c1ccc2nc(NCc3nccs3)oc2c1. The van der Waals surface area contributed by atoms with Gasteiger partial charge in [-0.1, -0.05) is 0 Å². The minimum absolute atomic E-state index is 0.0184. The van der Waals surface area contributed by atoms with Crippen molar-refractivity contribution in [3.63, 3.8) is 0 Å². The lowest BCUT2D eigenvalue weighted by atomic mass is 10.3. The van der Waals surface area contributed by atoms with Gasteiger partial charge in [-0.25, -0.2) is 4.98 Å². The number of non-ortho nitro benzene ring substituents is 1. The van der Waals surface area contributed by atoms with Crippen LogP contribution in [0.4, 0.5) is 11.7 Å². The minimum atomic E-state index is -0.468. The number of hydrogen-bond donors (Lipinski definition) is 1. The van der Waals surface area contributed by atoms with Crippen LogP contribution in [0.25, 0.3) is 11.1 Å². The number of anilines is 1. The van der Waals surface area contributed by atoms with Crippen LogP contribution >= 0.6 is 11.3 Å². The summed E-state index contributed by atoms with van der Waals surface area (Å²) in [7, 11) is 0. The Labute approximate surface area is 111 Å². The summed E-state index contributed by atoms with van der Waals surface area (Å²) in [6, 6.07) is 4.64. The molecule has 19 heavy (non-hydrogen) atoms. The third kappa shape index (κ3) is 2.38. The number of nitro benzene ring substituents is 1. The summed E-state index contributed by atoms with van der Waals surface area (Å²) in [6.45, 7) is 0.507. The molecule has 0 saturated carbocycles. The van der Waals surface area contributed by atoms with E-state index in [0.29, 0.717) is 23.7 Å². The van der Waals surface area contributed by atoms with Gasteiger partial charge in [-0.15, -0.1) is 11.3 Å². The molecule has 2 heterocycles. The molecule has 0 spiro atoms. The maximum atomic E-state index is 10.7. The number of nitro groups is 1. The first-order valence-electron chi connectivity index (χ1n) is 5.39. The van der Waals surface area contributed by atoms with Crippen LogP contribution in [0.2, 0.25) is 0 Å². The Balaban J connectivity index is 1.83. The zero-order chi connectivity index (χ0) is 13.2. The number of hydrogen-bond acceptors (Lipinski definition) is 7. The molecule has 0 fully saturated rings. The number of oxazole rings is 1. The van der Waals surface area contributed by atoms with Gasteiger partial charge >= 0.3 is 0 Å². The Hall–Kier alpha value is -2.48. The highest BCUT2D eigenvalue weighted by Crippen LogP contribution is 2.23. The lowest BCUT2D eigenvalue weighted by molar-refractivity contribution is -0.384. The van der Waals surface area contributed by atoms with Gasteiger partial charge in [-0.3, -0.25) is 10.1 Å². The molecule has 2 aromatic heterocycles. The summed E-state index contributed by atoms with van der Waals surface area (Å²) in [5.41, 5.74) is 0.943. The van der Waals surface area contributed by atoms with Gasteiger partial charge in [0.1, 0.15) is 10.5 Å². The highest BCUT2D eigenvalue weighted by molar-refractivity contribution is 7.09. The van der Waals surface area contributed by atoms with Crippen LogP contribution in [-0.4, -0.2) is 14.9 Å². The first-order chi connectivity index (χ1) is 9.22. The predicted octanol–water partition coefficient (Wildman–Crippen LogP) is 2.80. The molecule has 96 valence electrons. The second kappa shape index (κ2) is 4.65. The third-order valence-corrected chi connectivity index (χ3v) is 3.24. The molecule has 1 aromatic carbocycles. The standard InChI is InChI=1S/C11H8N4O3S/c16-15(17)7-1-2-8-9(5-7)18-11(14-8)13-6-10-12-3-4-19-10/h1-5H,6H2,(H,13,14). The summed E-state index contributed by atoms with van der Waals surface area (Å²) in [6.07, 6.45) is 1.72. The van der Waals surface area contributed by atoms with E-state index >= 15 is 0 Å². The average molecular weight is 276 g/mol. The molecule has 0 atom stereocenters. The third-order valence-electron chi connectivity index (χ3n) is 2.46. The van der Waals surface area contributed by atoms with Crippen LogP contribution in [0.1, 0.15) is 5.01 Å². The van der Waals surface area contributed by atoms with E-state index in [4.69, 9.17) is 4.42 Å². The fourth-order valence-electron chi connectivity index (χ4n) is 1.59. The molecule has 8 heteroatoms. The highest BCUT2D eigenvalue weighted by atomic mass is 32.1. The molecule has 0 unspecified atom stereocenters. The molecule has 0 saturated heterocycles. The molecule has 0 aliphatic heterocycles. The van der Waals surface area contributed by atoms with Crippen molar-refractivity contribution in [2.24, 2.45) is 0 Å². The zero-order valence-corrected chi connectivity index (χ0v) is 10.4. The highest BCUT2D eigenvalue weighted by Gasteiger charge is 2.11. The maximum absolute atomic E-state index is 10.7. The molecule has 3 rings (SSSR count). The summed E-state index contributed by atoms with van der Waals surface area (Å²) in [5, 5.41) is 16.4. The second-order valence-corrected chi connectivity index (χ2v) is 4.69. The lowest BCUT2D eigenvalue weighted by Crippen LogP contribution is -1.98. The topological polar surface area (TPSA) is 94.1 Å².